The van der Waals surface area contributed by atoms with E-state index >= 15 is 0 Å². The molecule has 0 bridgehead atoms. The number of hydrogen-bond acceptors (Lipinski definition) is 6. The van der Waals surface area contributed by atoms with Crippen LogP contribution in [0.15, 0.2) is 12.1 Å². The number of nitrogen functional groups attached to an aromatic ring is 1. The van der Waals surface area contributed by atoms with Gasteiger partial charge in [-0.1, -0.05) is 0 Å². The largest absolute Gasteiger partial charge is 0.384 e. The van der Waals surface area contributed by atoms with Gasteiger partial charge in [0.15, 0.2) is 0 Å². The fourth-order valence-corrected chi connectivity index (χ4v) is 2.36. The lowest BCUT2D eigenvalue weighted by molar-refractivity contribution is -0.384. The molecule has 104 valence electrons. The average Bonchev–Trinajstić information content (AvgIpc) is 2.26. The van der Waals surface area contributed by atoms with E-state index in [0.29, 0.717) is 6.54 Å². The number of nitrogens with one attached hydrogen (secondary N) is 1. The third-order valence-electron chi connectivity index (χ3n) is 3.91. The molecule has 7 nitrogen and oxygen atoms in total. The number of nitro groups is 1. The van der Waals surface area contributed by atoms with Gasteiger partial charge in [-0.15, -0.1) is 0 Å². The lowest BCUT2D eigenvalue weighted by atomic mass is 9.75. The second-order valence-electron chi connectivity index (χ2n) is 5.19. The normalized spacial score (nSPS) is 17.0. The van der Waals surface area contributed by atoms with Crippen LogP contribution in [0.5, 0.6) is 0 Å². The Bertz CT molecular complexity index is 485. The summed E-state index contributed by atoms with van der Waals surface area (Å²) >= 11 is 0. The van der Waals surface area contributed by atoms with Crippen LogP contribution < -0.4 is 11.1 Å². The van der Waals surface area contributed by atoms with Crippen molar-refractivity contribution < 1.29 is 4.92 Å². The molecule has 0 amide bonds. The molecule has 3 N–H and O–H groups in total. The van der Waals surface area contributed by atoms with E-state index in [1.165, 1.54) is 18.6 Å². The number of rotatable bonds is 5. The molecule has 2 rings (SSSR count). The average molecular weight is 265 g/mol. The molecule has 0 unspecified atom stereocenters. The third-order valence-corrected chi connectivity index (χ3v) is 3.91. The Morgan fingerprint density at radius 3 is 2.68 bits per heavy atom. The van der Waals surface area contributed by atoms with E-state index in [2.05, 4.69) is 15.2 Å². The highest BCUT2D eigenvalue weighted by molar-refractivity contribution is 5.59. The minimum atomic E-state index is -0.447. The van der Waals surface area contributed by atoms with Crippen molar-refractivity contribution in [3.63, 3.8) is 0 Å². The van der Waals surface area contributed by atoms with Crippen LogP contribution in [0.25, 0.3) is 0 Å². The third kappa shape index (κ3) is 2.60. The Hall–Kier alpha value is -1.89. The molecule has 7 heteroatoms. The zero-order valence-electron chi connectivity index (χ0n) is 11.2. The van der Waals surface area contributed by atoms with Crippen molar-refractivity contribution in [2.24, 2.45) is 0 Å². The van der Waals surface area contributed by atoms with Gasteiger partial charge in [0.1, 0.15) is 5.82 Å². The van der Waals surface area contributed by atoms with Crippen LogP contribution in [-0.4, -0.2) is 41.0 Å². The van der Waals surface area contributed by atoms with Gasteiger partial charge >= 0.3 is 5.69 Å². The van der Waals surface area contributed by atoms with Crippen LogP contribution in [-0.2, 0) is 0 Å². The maximum atomic E-state index is 10.9. The summed E-state index contributed by atoms with van der Waals surface area (Å²) in [5.74, 6) is 0.527. The molecule has 1 saturated carbocycles. The van der Waals surface area contributed by atoms with Gasteiger partial charge in [0.2, 0.25) is 5.82 Å². The topological polar surface area (TPSA) is 97.3 Å². The molecule has 0 aromatic carbocycles. The minimum Gasteiger partial charge on any atom is -0.384 e. The van der Waals surface area contributed by atoms with Gasteiger partial charge in [-0.2, -0.15) is 0 Å². The Morgan fingerprint density at radius 2 is 2.21 bits per heavy atom. The van der Waals surface area contributed by atoms with Gasteiger partial charge in [0, 0.05) is 18.2 Å². The lowest BCUT2D eigenvalue weighted by Crippen LogP contribution is -2.54. The highest BCUT2D eigenvalue weighted by Gasteiger charge is 2.39. The predicted molar refractivity (Wildman–Crippen MR) is 74.1 cm³/mol. The van der Waals surface area contributed by atoms with Gasteiger partial charge in [-0.3, -0.25) is 10.1 Å². The van der Waals surface area contributed by atoms with E-state index in [-0.39, 0.29) is 22.9 Å². The Morgan fingerprint density at radius 1 is 1.53 bits per heavy atom. The van der Waals surface area contributed by atoms with Crippen LogP contribution in [0.3, 0.4) is 0 Å². The quantitative estimate of drug-likeness (QED) is 0.618. The first-order valence-electron chi connectivity index (χ1n) is 6.27. The molecule has 0 spiro atoms. The minimum absolute atomic E-state index is 0.0394. The molecule has 1 aromatic rings. The first-order valence-corrected chi connectivity index (χ1v) is 6.27. The molecule has 0 saturated heterocycles. The van der Waals surface area contributed by atoms with Crippen molar-refractivity contribution in [3.8, 4) is 0 Å². The number of nitrogens with zero attached hydrogens (tertiary/aromatic N) is 3. The summed E-state index contributed by atoms with van der Waals surface area (Å²) in [4.78, 5) is 16.7. The van der Waals surface area contributed by atoms with E-state index in [4.69, 9.17) is 5.73 Å². The Balaban J connectivity index is 2.15. The fourth-order valence-electron chi connectivity index (χ4n) is 2.36. The van der Waals surface area contributed by atoms with Crippen LogP contribution in [0.1, 0.15) is 19.3 Å². The molecule has 1 aliphatic rings. The van der Waals surface area contributed by atoms with Crippen molar-refractivity contribution >= 4 is 17.3 Å². The summed E-state index contributed by atoms with van der Waals surface area (Å²) in [5, 5.41) is 14.0. The number of hydrogen-bond donors (Lipinski definition) is 2. The van der Waals surface area contributed by atoms with Crippen molar-refractivity contribution in [1.82, 2.24) is 9.88 Å². The highest BCUT2D eigenvalue weighted by atomic mass is 16.6. The number of pyridine rings is 1. The number of likely N-dealkylation sites (N-methyl/N-ethyl adjacent to an activating group) is 1. The van der Waals surface area contributed by atoms with Gasteiger partial charge in [-0.25, -0.2) is 4.98 Å². The summed E-state index contributed by atoms with van der Waals surface area (Å²) < 4.78 is 0. The van der Waals surface area contributed by atoms with Crippen LogP contribution in [0, 0.1) is 10.1 Å². The second-order valence-corrected chi connectivity index (χ2v) is 5.19. The van der Waals surface area contributed by atoms with Crippen LogP contribution in [0.4, 0.5) is 17.3 Å². The van der Waals surface area contributed by atoms with E-state index < -0.39 is 4.92 Å². The molecule has 0 aliphatic heterocycles. The molecule has 19 heavy (non-hydrogen) atoms. The van der Waals surface area contributed by atoms with Crippen molar-refractivity contribution in [2.45, 2.75) is 24.8 Å². The molecular formula is C12H19N5O2. The molecule has 1 aliphatic carbocycles. The maximum absolute atomic E-state index is 10.9. The van der Waals surface area contributed by atoms with E-state index in [0.717, 1.165) is 12.8 Å². The highest BCUT2D eigenvalue weighted by Crippen LogP contribution is 2.36. The first kappa shape index (κ1) is 13.5. The van der Waals surface area contributed by atoms with Gasteiger partial charge in [0.25, 0.3) is 0 Å². The lowest BCUT2D eigenvalue weighted by Gasteiger charge is -2.47. The van der Waals surface area contributed by atoms with E-state index in [1.807, 2.05) is 14.1 Å². The smallest absolute Gasteiger partial charge is 0.311 e. The van der Waals surface area contributed by atoms with Crippen LogP contribution >= 0.6 is 0 Å². The van der Waals surface area contributed by atoms with E-state index in [1.54, 1.807) is 0 Å². The molecule has 0 radical (unpaired) electrons. The van der Waals surface area contributed by atoms with Gasteiger partial charge < -0.3 is 16.0 Å². The molecule has 1 heterocycles. The standard InChI is InChI=1S/C12H19N5O2/c1-16(2)12(6-3-7-12)8-14-11-9(17(18)19)4-5-10(13)15-11/h4-5H,3,6-8H2,1-2H3,(H3,13,14,15). The predicted octanol–water partition coefficient (Wildman–Crippen LogP) is 1.47. The Kier molecular flexibility index (Phi) is 3.57. The molecule has 1 aromatic heterocycles. The number of nitrogens with two attached hydrogens (primary N) is 1. The summed E-state index contributed by atoms with van der Waals surface area (Å²) in [5.41, 5.74) is 5.62. The first-order chi connectivity index (χ1) is 8.94. The van der Waals surface area contributed by atoms with Crippen molar-refractivity contribution in [1.29, 1.82) is 0 Å². The summed E-state index contributed by atoms with van der Waals surface area (Å²) in [6.45, 7) is 0.636. The maximum Gasteiger partial charge on any atom is 0.311 e. The SMILES string of the molecule is CN(C)C1(CNc2nc(N)ccc2[N+](=O)[O-])CCC1. The summed E-state index contributed by atoms with van der Waals surface area (Å²) in [6.07, 6.45) is 3.36. The summed E-state index contributed by atoms with van der Waals surface area (Å²) in [6, 6.07) is 2.82. The molecule has 0 atom stereocenters. The van der Waals surface area contributed by atoms with Crippen molar-refractivity contribution in [2.75, 3.05) is 31.7 Å². The van der Waals surface area contributed by atoms with Crippen molar-refractivity contribution in [3.05, 3.63) is 22.2 Å². The van der Waals surface area contributed by atoms with Gasteiger partial charge in [-0.05, 0) is 39.4 Å². The number of aromatic nitrogens is 1. The zero-order valence-corrected chi connectivity index (χ0v) is 11.2. The molecular weight excluding hydrogens is 246 g/mol. The Labute approximate surface area is 112 Å². The molecule has 1 fully saturated rings. The van der Waals surface area contributed by atoms with Gasteiger partial charge in [0.05, 0.1) is 4.92 Å². The number of anilines is 2. The van der Waals surface area contributed by atoms with Crippen LogP contribution in [0.2, 0.25) is 0 Å². The monoisotopic (exact) mass is 265 g/mol. The van der Waals surface area contributed by atoms with E-state index in [9.17, 15) is 10.1 Å². The second kappa shape index (κ2) is 5.00. The summed E-state index contributed by atoms with van der Waals surface area (Å²) in [7, 11) is 4.06. The zero-order chi connectivity index (χ0) is 14.0. The fraction of sp³-hybridized carbons (Fsp3) is 0.583.